The smallest absolute Gasteiger partial charge is 0.478 e. The molecule has 688 valence electrons. The zero-order valence-electron chi connectivity index (χ0n) is 68.6. The van der Waals surface area contributed by atoms with Gasteiger partial charge in [0.05, 0.1) is 116 Å². The number of carbonyl (C=O) groups excluding carboxylic acids is 4. The van der Waals surface area contributed by atoms with Gasteiger partial charge in [0.25, 0.3) is 11.5 Å². The summed E-state index contributed by atoms with van der Waals surface area (Å²) in [4.78, 5) is 79.9. The number of nitrogens with two attached hydrogens (primary N) is 3. The van der Waals surface area contributed by atoms with Crippen LogP contribution in [0.1, 0.15) is 178 Å². The fourth-order valence-corrected chi connectivity index (χ4v) is 14.0. The number of aliphatic hydroxyl groups excluding tert-OH is 1. The number of thiophene rings is 8. The first-order valence-corrected chi connectivity index (χ1v) is 48.4. The van der Waals surface area contributed by atoms with Crippen molar-refractivity contribution in [3.63, 3.8) is 0 Å². The van der Waals surface area contributed by atoms with Crippen molar-refractivity contribution in [2.75, 3.05) is 26.9 Å². The molecular formula is C77H106Cl7Li2N16O14PS9. The van der Waals surface area contributed by atoms with Crippen molar-refractivity contribution in [1.82, 2.24) is 57.1 Å². The number of ether oxygens (including phenoxy) is 2. The maximum atomic E-state index is 10.9. The molecule has 30 nitrogen and oxygen atoms in total. The van der Waals surface area contributed by atoms with Crippen LogP contribution in [0, 0.1) is 34.6 Å². The van der Waals surface area contributed by atoms with Gasteiger partial charge in [-0.3, -0.25) is 18.9 Å². The Bertz CT molecular complexity index is 5220. The second kappa shape index (κ2) is 72.6. The molecule has 1 amide bonds. The summed E-state index contributed by atoms with van der Waals surface area (Å²) in [5.41, 5.74) is 19.1. The number of aromatic carboxylic acids is 2. The SMILES string of the molecule is C.C.C.C.CC(C)(N)CO.CC1(C)COC(c2ccsc2)=N1.CC1(C)COC(c2ccsc2C=O)=N1.CN.Cc1nncc2sc(C(=O)O)cc12.Cc1nncc2sc(C(N)=O)cc12.Cc1nncc2sccc12.Cl.Clc1nncc2sccc12.N.O=C(O)c1ccsc1.O=C=O.O=P(Cl)(Cl)Cl.O=S(Cl)Cl.O=c1[nH]ncc2sccc12.[CH2-]CCC.[CH2-]CCC.[Li+].[Li+]. The minimum atomic E-state index is -3.22. The number of nitrogens with one attached hydrogen (secondary N) is 1. The number of halogens is 7. The van der Waals surface area contributed by atoms with Crippen LogP contribution in [-0.4, -0.2) is 156 Å². The molecule has 15 heterocycles. The van der Waals surface area contributed by atoms with Crippen LogP contribution in [0.25, 0.3) is 50.4 Å². The van der Waals surface area contributed by atoms with Gasteiger partial charge in [0, 0.05) is 64.8 Å². The molecule has 0 saturated carbocycles. The van der Waals surface area contributed by atoms with Gasteiger partial charge >= 0.3 is 61.0 Å². The molecule has 126 heavy (non-hydrogen) atoms. The molecule has 0 fully saturated rings. The first-order valence-electron chi connectivity index (χ1n) is 33.8. The molecule has 13 N–H and O–H groups in total. The van der Waals surface area contributed by atoms with Gasteiger partial charge in [0.1, 0.15) is 18.1 Å². The molecule has 2 aliphatic rings. The van der Waals surface area contributed by atoms with Crippen LogP contribution in [-0.2, 0) is 32.9 Å². The van der Waals surface area contributed by atoms with E-state index in [4.69, 9.17) is 61.7 Å². The largest absolute Gasteiger partial charge is 1.00 e. The van der Waals surface area contributed by atoms with Crippen LogP contribution in [0.2, 0.25) is 5.15 Å². The van der Waals surface area contributed by atoms with Crippen LogP contribution < -0.4 is 66.6 Å². The number of carboxylic acids is 2. The normalized spacial score (nSPS) is 11.2. The molecule has 13 aromatic rings. The number of carboxylic acid groups (broad SMARTS) is 2. The van der Waals surface area contributed by atoms with Crippen molar-refractivity contribution in [3.8, 4) is 0 Å². The summed E-state index contributed by atoms with van der Waals surface area (Å²) in [6, 6.07) is 14.7. The number of carbonyl (C=O) groups is 4. The number of aliphatic imine (C=N–C) groups is 2. The Morgan fingerprint density at radius 3 is 1.36 bits per heavy atom. The monoisotopic (exact) mass is 2060 g/mol. The molecule has 0 aromatic carbocycles. The van der Waals surface area contributed by atoms with Crippen molar-refractivity contribution >= 4 is 277 Å². The number of aryl methyl sites for hydroxylation is 3. The van der Waals surface area contributed by atoms with Crippen molar-refractivity contribution < 1.29 is 100 Å². The number of H-pyrrole nitrogens is 1. The molecule has 0 radical (unpaired) electrons. The molecule has 15 rings (SSSR count). The topological polar surface area (TPSA) is 502 Å². The van der Waals surface area contributed by atoms with Crippen LogP contribution in [0.5, 0.6) is 0 Å². The van der Waals surface area contributed by atoms with Gasteiger partial charge < -0.3 is 62.0 Å². The number of aromatic amines is 1. The number of hydrogen-bond acceptors (Lipinski definition) is 34. The predicted octanol–water partition coefficient (Wildman–Crippen LogP) is 16.9. The average Bonchev–Trinajstić information content (AvgIpc) is 1.68. The number of hydrogen-bond donors (Lipinski definition) is 8. The zero-order valence-corrected chi connectivity index (χ0v) is 82.1. The van der Waals surface area contributed by atoms with E-state index in [-0.39, 0.29) is 115 Å². The fourth-order valence-electron chi connectivity index (χ4n) is 7.59. The number of aromatic nitrogens is 10. The molecule has 0 spiro atoms. The maximum absolute atomic E-state index is 10.9. The summed E-state index contributed by atoms with van der Waals surface area (Å²) in [5, 5.41) is 79.0. The molecule has 0 atom stereocenters. The number of primary amides is 1. The van der Waals surface area contributed by atoms with Crippen molar-refractivity contribution in [1.29, 1.82) is 0 Å². The summed E-state index contributed by atoms with van der Waals surface area (Å²) in [6.07, 6.45) is 14.0. The number of unbranched alkanes of at least 4 members (excludes halogenated alkanes) is 2. The van der Waals surface area contributed by atoms with Crippen LogP contribution >= 0.6 is 175 Å². The molecule has 0 unspecified atom stereocenters. The van der Waals surface area contributed by atoms with E-state index in [0.717, 1.165) is 93.6 Å². The van der Waals surface area contributed by atoms with E-state index < -0.39 is 37.8 Å². The minimum Gasteiger partial charge on any atom is -0.478 e. The van der Waals surface area contributed by atoms with Crippen LogP contribution in [0.4, 0.5) is 0 Å². The summed E-state index contributed by atoms with van der Waals surface area (Å²) < 4.78 is 34.6. The van der Waals surface area contributed by atoms with Crippen LogP contribution in [0.15, 0.2) is 137 Å². The van der Waals surface area contributed by atoms with E-state index in [1.54, 1.807) is 114 Å². The second-order valence-electron chi connectivity index (χ2n) is 24.4. The van der Waals surface area contributed by atoms with E-state index >= 15 is 0 Å². The Labute approximate surface area is 828 Å². The number of amides is 1. The quantitative estimate of drug-likeness (QED) is 0.0219. The Kier molecular flexibility index (Phi) is 78.0. The third kappa shape index (κ3) is 55.2. The van der Waals surface area contributed by atoms with Gasteiger partial charge in [-0.05, 0) is 184 Å². The first kappa shape index (κ1) is 135. The third-order valence-corrected chi connectivity index (χ3v) is 20.3. The summed E-state index contributed by atoms with van der Waals surface area (Å²) >= 11 is 31.4. The van der Waals surface area contributed by atoms with Gasteiger partial charge in [-0.15, -0.1) is 85.5 Å². The predicted molar refractivity (Wildman–Crippen MR) is 528 cm³/mol. The molecule has 0 aliphatic carbocycles. The van der Waals surface area contributed by atoms with Gasteiger partial charge in [-0.1, -0.05) is 68.0 Å². The van der Waals surface area contributed by atoms with Gasteiger partial charge in [0.2, 0.25) is 21.0 Å². The van der Waals surface area contributed by atoms with Crippen LogP contribution in [0.3, 0.4) is 0 Å². The van der Waals surface area contributed by atoms with E-state index in [0.29, 0.717) is 44.5 Å². The van der Waals surface area contributed by atoms with E-state index in [1.165, 1.54) is 86.7 Å². The Morgan fingerprint density at radius 2 is 1.02 bits per heavy atom. The van der Waals surface area contributed by atoms with Crippen molar-refractivity contribution in [2.24, 2.45) is 27.2 Å². The van der Waals surface area contributed by atoms with E-state index in [9.17, 15) is 28.5 Å². The number of aldehydes is 1. The Hall–Kier alpha value is -6.06. The maximum Gasteiger partial charge on any atom is 1.00 e. The van der Waals surface area contributed by atoms with Crippen molar-refractivity contribution in [3.05, 3.63) is 200 Å². The summed E-state index contributed by atoms with van der Waals surface area (Å²) in [7, 11) is 8.86. The molecule has 13 aromatic heterocycles. The van der Waals surface area contributed by atoms with E-state index in [2.05, 4.69) is 180 Å². The Morgan fingerprint density at radius 1 is 0.643 bits per heavy atom. The summed E-state index contributed by atoms with van der Waals surface area (Å²) in [6.45, 7) is 30.1. The second-order valence-corrected chi connectivity index (χ2v) is 41.4. The number of rotatable bonds is 9. The third-order valence-electron chi connectivity index (χ3n) is 13.1. The minimum absolute atomic E-state index is 0. The Balaban J connectivity index is -0.000000201. The molecule has 49 heteroatoms. The summed E-state index contributed by atoms with van der Waals surface area (Å²) in [5.74, 6) is -0.771. The average molecular weight is 2060 g/mol. The number of nitrogens with zero attached hydrogens (tertiary/aromatic N) is 11. The number of aliphatic hydroxyl groups is 1. The number of fused-ring (bicyclic) bond motifs is 5. The molecule has 0 bridgehead atoms. The molecule has 0 saturated heterocycles. The standard InChI is InChI=1S/C10H11NO2S.C9H11NOS.C8H7N3OS.C8H6N2O2S.C7H6N2S.C6H3ClN2S.C6H4N2OS.C5H4O2S.C4H11NO.2C4H9.CH5N.CO2.4CH4.Cl3OP.Cl2OS.ClH.2Li.H3N/c1-10(2)6-13-9(11-10)7-3-4-14-8(7)5-12;1-9(2)6-11-8(10-9)7-3-4-12-5-7;1-4-5-2-6(8(9)12)13-7(5)3-10-11-4;1-4-5-2-6(8(11)12)13-7(5)3-9-10-4;1-5-6-2-3-10-7(6)4-8-9-5;7-6-4-1-2-10-5(4)3-8-9-6;9-6-4-1-2-10-5(4)3-7-8-6;6-5(7)4-1-2-8-3-4;1-4(2,5)3-6;2*1-3-4-2;1-2;2-1-3;;;;;1-5(2,3)4;1-4(2)3;;;;/h3-5H,6H2,1-2H3;3-5H,6H2,1-2H3;2-3H,1H3,(H2,9,12);2-3H,1H3,(H,11,12);2-4H,1H3;1-3H;1-3H,(H,8,9);1-3H,(H,6,7);6H,3,5H2,1-2H3;2*1,3-4H2,2H3;2H2,1H3;;4*1H4;;;1H;;;1H3/q;;;;;;;;;2*-1;;;;;;;;;;2*+1;. The van der Waals surface area contributed by atoms with E-state index in [1.807, 2.05) is 74.3 Å². The molecule has 2 aliphatic heterocycles. The van der Waals surface area contributed by atoms with Gasteiger partial charge in [-0.2, -0.15) is 85.9 Å². The van der Waals surface area contributed by atoms with Gasteiger partial charge in [-0.25, -0.2) is 28.9 Å². The molecular weight excluding hydrogens is 1950 g/mol. The van der Waals surface area contributed by atoms with Gasteiger partial charge in [0.15, 0.2) is 11.4 Å². The first-order chi connectivity index (χ1) is 55.6. The zero-order chi connectivity index (χ0) is 89.4. The van der Waals surface area contributed by atoms with Crippen molar-refractivity contribution in [2.45, 2.75) is 148 Å². The fraction of sp³-hybridized carbons (Fsp3) is 0.338.